The Hall–Kier alpha value is -2.15. The van der Waals surface area contributed by atoms with Crippen LogP contribution in [0.1, 0.15) is 47.6 Å². The van der Waals surface area contributed by atoms with E-state index in [1.807, 2.05) is 6.20 Å². The number of nitrogens with one attached hydrogen (secondary N) is 2. The van der Waals surface area contributed by atoms with Crippen molar-refractivity contribution in [2.24, 2.45) is 5.92 Å². The van der Waals surface area contributed by atoms with Crippen molar-refractivity contribution in [1.82, 2.24) is 25.3 Å². The molecule has 3 heterocycles. The fourth-order valence-corrected chi connectivity index (χ4v) is 3.19. The molecule has 1 aliphatic carbocycles. The Labute approximate surface area is 134 Å². The Morgan fingerprint density at radius 3 is 3.09 bits per heavy atom. The number of hydrogen-bond acceptors (Lipinski definition) is 5. The summed E-state index contributed by atoms with van der Waals surface area (Å²) in [6, 6.07) is 1.91. The van der Waals surface area contributed by atoms with Crippen molar-refractivity contribution in [3.63, 3.8) is 0 Å². The van der Waals surface area contributed by atoms with Gasteiger partial charge in [0.25, 0.3) is 5.91 Å². The van der Waals surface area contributed by atoms with Gasteiger partial charge < -0.3 is 14.8 Å². The van der Waals surface area contributed by atoms with Gasteiger partial charge in [-0.15, -0.1) is 0 Å². The van der Waals surface area contributed by atoms with Crippen LogP contribution in [0.15, 0.2) is 23.1 Å². The molecule has 4 rings (SSSR count). The molecule has 1 saturated heterocycles. The molecule has 122 valence electrons. The van der Waals surface area contributed by atoms with Crippen LogP contribution in [-0.2, 0) is 6.54 Å². The fraction of sp³-hybridized carbons (Fsp3) is 0.562. The largest absolute Gasteiger partial charge is 0.360 e. The summed E-state index contributed by atoms with van der Waals surface area (Å²) in [5, 5.41) is 7.01. The minimum atomic E-state index is -0.140. The number of hydrogen-bond donors (Lipinski definition) is 2. The van der Waals surface area contributed by atoms with E-state index in [9.17, 15) is 4.79 Å². The van der Waals surface area contributed by atoms with Crippen LogP contribution >= 0.6 is 0 Å². The van der Waals surface area contributed by atoms with Crippen molar-refractivity contribution >= 4 is 5.91 Å². The first kappa shape index (κ1) is 14.4. The van der Waals surface area contributed by atoms with Crippen molar-refractivity contribution in [3.8, 4) is 0 Å². The number of nitrogens with zero attached hydrogens (tertiary/aromatic N) is 3. The number of aromatic amines is 1. The molecule has 2 aliphatic rings. The normalized spacial score (nSPS) is 24.9. The second-order valence-corrected chi connectivity index (χ2v) is 6.70. The molecule has 2 aromatic heterocycles. The van der Waals surface area contributed by atoms with Gasteiger partial charge >= 0.3 is 0 Å². The van der Waals surface area contributed by atoms with E-state index >= 15 is 0 Å². The summed E-state index contributed by atoms with van der Waals surface area (Å²) in [6.07, 6.45) is 5.87. The van der Waals surface area contributed by atoms with Gasteiger partial charge in [0, 0.05) is 43.9 Å². The quantitative estimate of drug-likeness (QED) is 0.873. The molecule has 2 atom stereocenters. The van der Waals surface area contributed by atoms with E-state index in [1.54, 1.807) is 12.4 Å². The summed E-state index contributed by atoms with van der Waals surface area (Å²) >= 11 is 0. The number of rotatable bonds is 5. The lowest BCUT2D eigenvalue weighted by atomic mass is 10.1. The van der Waals surface area contributed by atoms with E-state index in [0.717, 1.165) is 43.9 Å². The van der Waals surface area contributed by atoms with Crippen LogP contribution in [0.3, 0.4) is 0 Å². The van der Waals surface area contributed by atoms with Crippen LogP contribution in [0.4, 0.5) is 0 Å². The highest BCUT2D eigenvalue weighted by Crippen LogP contribution is 2.40. The topological polar surface area (TPSA) is 87.0 Å². The average Bonchev–Trinajstić information content (AvgIpc) is 2.94. The van der Waals surface area contributed by atoms with Gasteiger partial charge in [0.1, 0.15) is 5.76 Å². The van der Waals surface area contributed by atoms with Crippen molar-refractivity contribution in [2.45, 2.75) is 38.3 Å². The van der Waals surface area contributed by atoms with Gasteiger partial charge in [0.2, 0.25) is 0 Å². The number of carbonyl (C=O) groups excluding carboxylic acids is 1. The highest BCUT2D eigenvalue weighted by atomic mass is 16.5. The van der Waals surface area contributed by atoms with Gasteiger partial charge in [-0.2, -0.15) is 0 Å². The molecule has 2 N–H and O–H groups in total. The number of aromatic nitrogens is 3. The lowest BCUT2D eigenvalue weighted by Gasteiger charge is -2.16. The molecule has 7 heteroatoms. The third-order valence-electron chi connectivity index (χ3n) is 4.69. The molecule has 0 bridgehead atoms. The molecule has 0 spiro atoms. The highest BCUT2D eigenvalue weighted by molar-refractivity contribution is 5.92. The van der Waals surface area contributed by atoms with Crippen LogP contribution in [0.5, 0.6) is 0 Å². The number of H-pyrrole nitrogens is 1. The molecule has 0 aromatic carbocycles. The third kappa shape index (κ3) is 3.14. The molecular formula is C16H21N5O2. The smallest absolute Gasteiger partial charge is 0.273 e. The molecular weight excluding hydrogens is 294 g/mol. The molecule has 0 unspecified atom stereocenters. The first-order valence-electron chi connectivity index (χ1n) is 8.16. The highest BCUT2D eigenvalue weighted by Gasteiger charge is 2.33. The molecule has 2 fully saturated rings. The van der Waals surface area contributed by atoms with Gasteiger partial charge in [-0.05, 0) is 18.8 Å². The van der Waals surface area contributed by atoms with Gasteiger partial charge in [-0.3, -0.25) is 9.69 Å². The second kappa shape index (κ2) is 5.81. The van der Waals surface area contributed by atoms with E-state index in [0.29, 0.717) is 17.5 Å². The van der Waals surface area contributed by atoms with Gasteiger partial charge in [0.15, 0.2) is 5.69 Å². The number of likely N-dealkylation sites (tertiary alicyclic amines) is 1. The maximum Gasteiger partial charge on any atom is 0.273 e. The zero-order valence-electron chi connectivity index (χ0n) is 13.2. The monoisotopic (exact) mass is 315 g/mol. The minimum absolute atomic E-state index is 0.127. The first-order chi connectivity index (χ1) is 11.2. The van der Waals surface area contributed by atoms with Crippen molar-refractivity contribution in [3.05, 3.63) is 35.7 Å². The molecule has 7 nitrogen and oxygen atoms in total. The summed E-state index contributed by atoms with van der Waals surface area (Å²) in [5.41, 5.74) is 1.42. The lowest BCUT2D eigenvalue weighted by molar-refractivity contribution is 0.0922. The van der Waals surface area contributed by atoms with Crippen LogP contribution in [-0.4, -0.2) is 45.1 Å². The molecule has 0 radical (unpaired) electrons. The summed E-state index contributed by atoms with van der Waals surface area (Å²) in [7, 11) is 0. The van der Waals surface area contributed by atoms with Crippen LogP contribution < -0.4 is 5.32 Å². The average molecular weight is 315 g/mol. The maximum atomic E-state index is 12.4. The molecule has 1 aliphatic heterocycles. The minimum Gasteiger partial charge on any atom is -0.360 e. The SMILES string of the molecule is C[C@H]1CN(Cc2c[nH]cn2)C[C@H]1NC(=O)c1cc(C2CC2)on1. The Balaban J connectivity index is 1.35. The van der Waals surface area contributed by atoms with Crippen molar-refractivity contribution in [1.29, 1.82) is 0 Å². The molecule has 1 amide bonds. The van der Waals surface area contributed by atoms with E-state index in [-0.39, 0.29) is 11.9 Å². The second-order valence-electron chi connectivity index (χ2n) is 6.70. The third-order valence-corrected chi connectivity index (χ3v) is 4.69. The predicted octanol–water partition coefficient (Wildman–Crippen LogP) is 1.53. The van der Waals surface area contributed by atoms with Gasteiger partial charge in [0.05, 0.1) is 12.0 Å². The van der Waals surface area contributed by atoms with E-state index in [4.69, 9.17) is 4.52 Å². The van der Waals surface area contributed by atoms with Crippen LogP contribution in [0, 0.1) is 5.92 Å². The Kier molecular flexibility index (Phi) is 3.65. The summed E-state index contributed by atoms with van der Waals surface area (Å²) in [4.78, 5) is 21.9. The lowest BCUT2D eigenvalue weighted by Crippen LogP contribution is -2.40. The Morgan fingerprint density at radius 2 is 2.35 bits per heavy atom. The fourth-order valence-electron chi connectivity index (χ4n) is 3.19. The number of amides is 1. The molecule has 23 heavy (non-hydrogen) atoms. The standard InChI is InChI=1S/C16H21N5O2/c1-10-6-21(7-12-5-17-9-18-12)8-14(10)19-16(22)13-4-15(23-20-13)11-2-3-11/h4-5,9-11,14H,2-3,6-8H2,1H3,(H,17,18)(H,19,22)/t10-,14+/m0/s1. The van der Waals surface area contributed by atoms with Gasteiger partial charge in [-0.1, -0.05) is 12.1 Å². The van der Waals surface area contributed by atoms with E-state index in [2.05, 4.69) is 32.3 Å². The molecule has 1 saturated carbocycles. The Bertz CT molecular complexity index is 676. The van der Waals surface area contributed by atoms with E-state index < -0.39 is 0 Å². The number of carbonyl (C=O) groups is 1. The van der Waals surface area contributed by atoms with E-state index in [1.165, 1.54) is 0 Å². The molecule has 2 aromatic rings. The number of imidazole rings is 1. The van der Waals surface area contributed by atoms with Crippen LogP contribution in [0.25, 0.3) is 0 Å². The summed E-state index contributed by atoms with van der Waals surface area (Å²) in [6.45, 7) is 4.74. The van der Waals surface area contributed by atoms with Crippen molar-refractivity contribution in [2.75, 3.05) is 13.1 Å². The van der Waals surface area contributed by atoms with Crippen LogP contribution in [0.2, 0.25) is 0 Å². The summed E-state index contributed by atoms with van der Waals surface area (Å²) < 4.78 is 5.26. The van der Waals surface area contributed by atoms with Crippen molar-refractivity contribution < 1.29 is 9.32 Å². The maximum absolute atomic E-state index is 12.4. The predicted molar refractivity (Wildman–Crippen MR) is 82.8 cm³/mol. The Morgan fingerprint density at radius 1 is 1.48 bits per heavy atom. The summed E-state index contributed by atoms with van der Waals surface area (Å²) in [5.74, 6) is 1.57. The van der Waals surface area contributed by atoms with Gasteiger partial charge in [-0.25, -0.2) is 4.98 Å². The first-order valence-corrected chi connectivity index (χ1v) is 8.16. The zero-order valence-corrected chi connectivity index (χ0v) is 13.2. The zero-order chi connectivity index (χ0) is 15.8.